The first-order chi connectivity index (χ1) is 8.75. The molecular formula is C14H15FN2O. The van der Waals surface area contributed by atoms with Crippen LogP contribution in [0.15, 0.2) is 48.5 Å². The Bertz CT molecular complexity index is 499. The van der Waals surface area contributed by atoms with Gasteiger partial charge < -0.3 is 15.8 Å². The van der Waals surface area contributed by atoms with Gasteiger partial charge in [0.2, 0.25) is 0 Å². The first-order valence-corrected chi connectivity index (χ1v) is 5.72. The highest BCUT2D eigenvalue weighted by atomic mass is 19.1. The standard InChI is InChI=1S/C14H15FN2O/c15-13-3-1-2-4-14(13)18-10-9-17-12-7-5-11(16)6-8-12/h1-8,17H,9-10,16H2. The lowest BCUT2D eigenvalue weighted by Gasteiger charge is -2.09. The normalized spacial score (nSPS) is 10.1. The third kappa shape index (κ3) is 3.38. The number of anilines is 2. The number of benzene rings is 2. The maximum Gasteiger partial charge on any atom is 0.165 e. The lowest BCUT2D eigenvalue weighted by Crippen LogP contribution is -2.11. The van der Waals surface area contributed by atoms with Crippen LogP contribution >= 0.6 is 0 Å². The summed E-state index contributed by atoms with van der Waals surface area (Å²) in [6.45, 7) is 0.990. The largest absolute Gasteiger partial charge is 0.489 e. The van der Waals surface area contributed by atoms with Crippen molar-refractivity contribution in [2.45, 2.75) is 0 Å². The van der Waals surface area contributed by atoms with Crippen molar-refractivity contribution >= 4 is 11.4 Å². The first-order valence-electron chi connectivity index (χ1n) is 5.72. The van der Waals surface area contributed by atoms with Gasteiger partial charge in [-0.05, 0) is 36.4 Å². The number of halogens is 1. The number of ether oxygens (including phenoxy) is 1. The van der Waals surface area contributed by atoms with Crippen LogP contribution in [0.2, 0.25) is 0 Å². The van der Waals surface area contributed by atoms with Crippen molar-refractivity contribution in [2.24, 2.45) is 0 Å². The molecule has 3 nitrogen and oxygen atoms in total. The van der Waals surface area contributed by atoms with E-state index in [1.165, 1.54) is 6.07 Å². The van der Waals surface area contributed by atoms with Gasteiger partial charge in [0.15, 0.2) is 11.6 Å². The van der Waals surface area contributed by atoms with Crippen LogP contribution in [0.1, 0.15) is 0 Å². The summed E-state index contributed by atoms with van der Waals surface area (Å²) >= 11 is 0. The van der Waals surface area contributed by atoms with Gasteiger partial charge in [0.05, 0.1) is 0 Å². The van der Waals surface area contributed by atoms with E-state index in [4.69, 9.17) is 10.5 Å². The summed E-state index contributed by atoms with van der Waals surface area (Å²) in [6.07, 6.45) is 0. The van der Waals surface area contributed by atoms with Gasteiger partial charge in [0.25, 0.3) is 0 Å². The summed E-state index contributed by atoms with van der Waals surface area (Å²) in [4.78, 5) is 0. The second-order valence-electron chi connectivity index (χ2n) is 3.83. The Morgan fingerprint density at radius 3 is 2.50 bits per heavy atom. The molecule has 0 saturated heterocycles. The fourth-order valence-electron chi connectivity index (χ4n) is 1.52. The van der Waals surface area contributed by atoms with E-state index in [2.05, 4.69) is 5.32 Å². The molecule has 4 heteroatoms. The molecule has 0 spiro atoms. The van der Waals surface area contributed by atoms with Gasteiger partial charge in [-0.15, -0.1) is 0 Å². The highest BCUT2D eigenvalue weighted by Gasteiger charge is 2.00. The Kier molecular flexibility index (Phi) is 4.02. The Morgan fingerprint density at radius 1 is 1.06 bits per heavy atom. The van der Waals surface area contributed by atoms with Crippen LogP contribution in [0.25, 0.3) is 0 Å². The van der Waals surface area contributed by atoms with Crippen LogP contribution in [-0.4, -0.2) is 13.2 Å². The fourth-order valence-corrected chi connectivity index (χ4v) is 1.52. The van der Waals surface area contributed by atoms with E-state index >= 15 is 0 Å². The molecule has 0 radical (unpaired) electrons. The van der Waals surface area contributed by atoms with Crippen LogP contribution in [-0.2, 0) is 0 Å². The van der Waals surface area contributed by atoms with Gasteiger partial charge in [-0.1, -0.05) is 12.1 Å². The topological polar surface area (TPSA) is 47.3 Å². The molecule has 0 saturated carbocycles. The third-order valence-corrected chi connectivity index (χ3v) is 2.44. The molecule has 18 heavy (non-hydrogen) atoms. The van der Waals surface area contributed by atoms with E-state index in [1.54, 1.807) is 18.2 Å². The van der Waals surface area contributed by atoms with Crippen molar-refractivity contribution in [1.82, 2.24) is 0 Å². The van der Waals surface area contributed by atoms with E-state index in [0.717, 1.165) is 11.4 Å². The SMILES string of the molecule is Nc1ccc(NCCOc2ccccc2F)cc1. The third-order valence-electron chi connectivity index (χ3n) is 2.44. The number of hydrogen-bond acceptors (Lipinski definition) is 3. The molecule has 94 valence electrons. The summed E-state index contributed by atoms with van der Waals surface area (Å²) in [6, 6.07) is 13.8. The van der Waals surface area contributed by atoms with Gasteiger partial charge in [0, 0.05) is 17.9 Å². The van der Waals surface area contributed by atoms with Gasteiger partial charge >= 0.3 is 0 Å². The molecule has 0 aromatic heterocycles. The van der Waals surface area contributed by atoms with Crippen LogP contribution < -0.4 is 15.8 Å². The van der Waals surface area contributed by atoms with Crippen LogP contribution in [0.4, 0.5) is 15.8 Å². The molecule has 2 aromatic rings. The Morgan fingerprint density at radius 2 is 1.78 bits per heavy atom. The van der Waals surface area contributed by atoms with Gasteiger partial charge in [0.1, 0.15) is 6.61 Å². The number of rotatable bonds is 5. The smallest absolute Gasteiger partial charge is 0.165 e. The fraction of sp³-hybridized carbons (Fsp3) is 0.143. The van der Waals surface area contributed by atoms with Crippen LogP contribution in [0, 0.1) is 5.82 Å². The molecular weight excluding hydrogens is 231 g/mol. The molecule has 0 aliphatic rings. The molecule has 3 N–H and O–H groups in total. The quantitative estimate of drug-likeness (QED) is 0.630. The molecule has 0 unspecified atom stereocenters. The zero-order chi connectivity index (χ0) is 12.8. The minimum absolute atomic E-state index is 0.275. The van der Waals surface area contributed by atoms with E-state index < -0.39 is 0 Å². The molecule has 2 rings (SSSR count). The van der Waals surface area contributed by atoms with Crippen molar-refractivity contribution in [1.29, 1.82) is 0 Å². The van der Waals surface area contributed by atoms with E-state index in [-0.39, 0.29) is 11.6 Å². The van der Waals surface area contributed by atoms with Crippen LogP contribution in [0.5, 0.6) is 5.75 Å². The zero-order valence-electron chi connectivity index (χ0n) is 9.90. The number of nitrogens with two attached hydrogens (primary N) is 1. The van der Waals surface area contributed by atoms with Crippen LogP contribution in [0.3, 0.4) is 0 Å². The van der Waals surface area contributed by atoms with Crippen molar-refractivity contribution < 1.29 is 9.13 Å². The minimum Gasteiger partial charge on any atom is -0.489 e. The van der Waals surface area contributed by atoms with E-state index in [1.807, 2.05) is 24.3 Å². The number of nitrogen functional groups attached to an aromatic ring is 1. The molecule has 0 atom stereocenters. The zero-order valence-corrected chi connectivity index (χ0v) is 9.90. The van der Waals surface area contributed by atoms with Gasteiger partial charge in [-0.25, -0.2) is 4.39 Å². The van der Waals surface area contributed by atoms with Gasteiger partial charge in [-0.3, -0.25) is 0 Å². The first kappa shape index (κ1) is 12.2. The Balaban J connectivity index is 1.76. The number of nitrogens with one attached hydrogen (secondary N) is 1. The summed E-state index contributed by atoms with van der Waals surface area (Å²) < 4.78 is 18.5. The van der Waals surface area contributed by atoms with E-state index in [9.17, 15) is 4.39 Å². The number of para-hydroxylation sites is 1. The average Bonchev–Trinajstić information content (AvgIpc) is 2.39. The monoisotopic (exact) mass is 246 g/mol. The summed E-state index contributed by atoms with van der Waals surface area (Å²) in [5.74, 6) is -0.0680. The van der Waals surface area contributed by atoms with Gasteiger partial charge in [-0.2, -0.15) is 0 Å². The second-order valence-corrected chi connectivity index (χ2v) is 3.83. The highest BCUT2D eigenvalue weighted by molar-refractivity contribution is 5.51. The molecule has 0 aliphatic heterocycles. The Labute approximate surface area is 105 Å². The lowest BCUT2D eigenvalue weighted by atomic mass is 10.3. The summed E-state index contributed by atoms with van der Waals surface area (Å²) in [5, 5.41) is 3.16. The predicted molar refractivity (Wildman–Crippen MR) is 71.2 cm³/mol. The lowest BCUT2D eigenvalue weighted by molar-refractivity contribution is 0.315. The highest BCUT2D eigenvalue weighted by Crippen LogP contribution is 2.15. The maximum absolute atomic E-state index is 13.2. The molecule has 0 fully saturated rings. The van der Waals surface area contributed by atoms with Crippen molar-refractivity contribution in [3.63, 3.8) is 0 Å². The van der Waals surface area contributed by atoms with Crippen molar-refractivity contribution in [2.75, 3.05) is 24.2 Å². The molecule has 0 bridgehead atoms. The predicted octanol–water partition coefficient (Wildman–Crippen LogP) is 2.90. The average molecular weight is 246 g/mol. The number of hydrogen-bond donors (Lipinski definition) is 2. The van der Waals surface area contributed by atoms with Crippen molar-refractivity contribution in [3.05, 3.63) is 54.3 Å². The molecule has 0 heterocycles. The molecule has 2 aromatic carbocycles. The Hall–Kier alpha value is -2.23. The molecule has 0 aliphatic carbocycles. The molecule has 0 amide bonds. The summed E-state index contributed by atoms with van der Waals surface area (Å²) in [7, 11) is 0. The summed E-state index contributed by atoms with van der Waals surface area (Å²) in [5.41, 5.74) is 7.26. The van der Waals surface area contributed by atoms with Crippen molar-refractivity contribution in [3.8, 4) is 5.75 Å². The minimum atomic E-state index is -0.343. The maximum atomic E-state index is 13.2. The second kappa shape index (κ2) is 5.91. The van der Waals surface area contributed by atoms with E-state index in [0.29, 0.717) is 13.2 Å².